The number of nitrogens with one attached hydrogen (secondary N) is 1. The summed E-state index contributed by atoms with van der Waals surface area (Å²) in [4.78, 5) is 14.8. The Bertz CT molecular complexity index is 424. The van der Waals surface area contributed by atoms with E-state index in [-0.39, 0.29) is 17.4 Å². The molecule has 0 fully saturated rings. The first-order valence-corrected chi connectivity index (χ1v) is 6.70. The molecule has 0 aromatic carbocycles. The largest absolute Gasteiger partial charge is 0.478 e. The van der Waals surface area contributed by atoms with Crippen LogP contribution in [0.25, 0.3) is 0 Å². The lowest BCUT2D eigenvalue weighted by molar-refractivity contribution is 0.0697. The Morgan fingerprint density at radius 3 is 2.84 bits per heavy atom. The third-order valence-corrected chi connectivity index (χ3v) is 2.96. The number of halogens is 1. The highest BCUT2D eigenvalue weighted by molar-refractivity contribution is 5.93. The number of nitrogens with zero attached hydrogens (tertiary/aromatic N) is 1. The maximum atomic E-state index is 13.0. The van der Waals surface area contributed by atoms with Crippen LogP contribution >= 0.6 is 0 Å². The second kappa shape index (κ2) is 7.71. The van der Waals surface area contributed by atoms with Gasteiger partial charge in [0.05, 0.1) is 6.20 Å². The molecule has 0 radical (unpaired) electrons. The minimum atomic E-state index is -1.17. The van der Waals surface area contributed by atoms with E-state index in [2.05, 4.69) is 17.2 Å². The monoisotopic (exact) mass is 268 g/mol. The van der Waals surface area contributed by atoms with Gasteiger partial charge in [-0.3, -0.25) is 0 Å². The molecule has 1 aromatic heterocycles. The van der Waals surface area contributed by atoms with Crippen molar-refractivity contribution < 1.29 is 14.3 Å². The van der Waals surface area contributed by atoms with Crippen LogP contribution in [0.2, 0.25) is 0 Å². The smallest absolute Gasteiger partial charge is 0.339 e. The van der Waals surface area contributed by atoms with Crippen molar-refractivity contribution in [2.75, 3.05) is 5.32 Å². The molecule has 1 unspecified atom stereocenters. The van der Waals surface area contributed by atoms with E-state index in [1.807, 2.05) is 6.92 Å². The Morgan fingerprint density at radius 1 is 1.47 bits per heavy atom. The van der Waals surface area contributed by atoms with E-state index >= 15 is 0 Å². The molecule has 0 amide bonds. The van der Waals surface area contributed by atoms with Gasteiger partial charge in [0.2, 0.25) is 0 Å². The highest BCUT2D eigenvalue weighted by Gasteiger charge is 2.14. The molecule has 0 aliphatic rings. The van der Waals surface area contributed by atoms with Crippen LogP contribution in [0.3, 0.4) is 0 Å². The highest BCUT2D eigenvalue weighted by atomic mass is 19.1. The molecule has 19 heavy (non-hydrogen) atoms. The second-order valence-corrected chi connectivity index (χ2v) is 4.75. The van der Waals surface area contributed by atoms with Gasteiger partial charge in [-0.15, -0.1) is 0 Å². The van der Waals surface area contributed by atoms with Gasteiger partial charge in [-0.1, -0.05) is 32.6 Å². The number of pyridine rings is 1. The van der Waals surface area contributed by atoms with E-state index < -0.39 is 11.8 Å². The van der Waals surface area contributed by atoms with Crippen LogP contribution in [0.1, 0.15) is 56.3 Å². The zero-order valence-electron chi connectivity index (χ0n) is 11.4. The van der Waals surface area contributed by atoms with Crippen LogP contribution in [0.5, 0.6) is 0 Å². The normalized spacial score (nSPS) is 12.2. The molecule has 106 valence electrons. The van der Waals surface area contributed by atoms with Crippen LogP contribution in [-0.4, -0.2) is 22.1 Å². The second-order valence-electron chi connectivity index (χ2n) is 4.75. The Balaban J connectivity index is 2.58. The number of aromatic carboxylic acids is 1. The molecular weight excluding hydrogens is 247 g/mol. The molecule has 0 saturated heterocycles. The Morgan fingerprint density at radius 2 is 2.21 bits per heavy atom. The summed E-state index contributed by atoms with van der Waals surface area (Å²) in [5.41, 5.74) is -0.125. The SMILES string of the molecule is CCCCCCC(C)Nc1ncc(F)cc1C(=O)O. The first-order chi connectivity index (χ1) is 9.04. The van der Waals surface area contributed by atoms with E-state index in [9.17, 15) is 9.18 Å². The van der Waals surface area contributed by atoms with Crippen molar-refractivity contribution in [1.29, 1.82) is 0 Å². The average Bonchev–Trinajstić information content (AvgIpc) is 2.36. The van der Waals surface area contributed by atoms with Crippen molar-refractivity contribution in [3.63, 3.8) is 0 Å². The topological polar surface area (TPSA) is 62.2 Å². The Kier molecular flexibility index (Phi) is 6.25. The summed E-state index contributed by atoms with van der Waals surface area (Å²) >= 11 is 0. The fraction of sp³-hybridized carbons (Fsp3) is 0.571. The fourth-order valence-corrected chi connectivity index (χ4v) is 1.90. The van der Waals surface area contributed by atoms with Gasteiger partial charge in [0.25, 0.3) is 0 Å². The van der Waals surface area contributed by atoms with Crippen molar-refractivity contribution in [2.24, 2.45) is 0 Å². The van der Waals surface area contributed by atoms with Crippen molar-refractivity contribution in [2.45, 2.75) is 52.0 Å². The number of anilines is 1. The number of carbonyl (C=O) groups is 1. The molecule has 1 aromatic rings. The van der Waals surface area contributed by atoms with Crippen LogP contribution in [-0.2, 0) is 0 Å². The number of rotatable bonds is 8. The molecule has 0 spiro atoms. The Labute approximate surface area is 113 Å². The summed E-state index contributed by atoms with van der Waals surface area (Å²) < 4.78 is 13.0. The number of carboxylic acids is 1. The molecule has 5 heteroatoms. The van der Waals surface area contributed by atoms with Gasteiger partial charge in [-0.25, -0.2) is 14.2 Å². The molecule has 1 atom stereocenters. The maximum Gasteiger partial charge on any atom is 0.339 e. The molecular formula is C14H21FN2O2. The third kappa shape index (κ3) is 5.24. The minimum absolute atomic E-state index is 0.118. The number of hydrogen-bond acceptors (Lipinski definition) is 3. The van der Waals surface area contributed by atoms with Crippen molar-refractivity contribution in [3.05, 3.63) is 23.6 Å². The third-order valence-electron chi connectivity index (χ3n) is 2.96. The summed E-state index contributed by atoms with van der Waals surface area (Å²) in [7, 11) is 0. The van der Waals surface area contributed by atoms with Crippen LogP contribution < -0.4 is 5.32 Å². The molecule has 1 rings (SSSR count). The van der Waals surface area contributed by atoms with Gasteiger partial charge in [0.1, 0.15) is 17.2 Å². The summed E-state index contributed by atoms with van der Waals surface area (Å²) in [6.45, 7) is 4.13. The predicted molar refractivity (Wildman–Crippen MR) is 73.0 cm³/mol. The van der Waals surface area contributed by atoms with Gasteiger partial charge < -0.3 is 10.4 Å². The lowest BCUT2D eigenvalue weighted by Crippen LogP contribution is -2.18. The number of aromatic nitrogens is 1. The van der Waals surface area contributed by atoms with Crippen molar-refractivity contribution in [1.82, 2.24) is 4.98 Å². The molecule has 0 saturated carbocycles. The fourth-order valence-electron chi connectivity index (χ4n) is 1.90. The minimum Gasteiger partial charge on any atom is -0.478 e. The Hall–Kier alpha value is -1.65. The van der Waals surface area contributed by atoms with Crippen LogP contribution in [0.4, 0.5) is 10.2 Å². The van der Waals surface area contributed by atoms with Gasteiger partial charge in [0.15, 0.2) is 0 Å². The van der Waals surface area contributed by atoms with Crippen molar-refractivity contribution in [3.8, 4) is 0 Å². The quantitative estimate of drug-likeness (QED) is 0.706. The zero-order valence-corrected chi connectivity index (χ0v) is 11.4. The van der Waals surface area contributed by atoms with E-state index in [0.717, 1.165) is 25.1 Å². The molecule has 0 aliphatic carbocycles. The summed E-state index contributed by atoms with van der Waals surface area (Å²) in [6.07, 6.45) is 6.62. The number of hydrogen-bond donors (Lipinski definition) is 2. The highest BCUT2D eigenvalue weighted by Crippen LogP contribution is 2.16. The molecule has 4 nitrogen and oxygen atoms in total. The summed E-state index contributed by atoms with van der Waals surface area (Å²) in [6, 6.07) is 1.11. The van der Waals surface area contributed by atoms with Crippen LogP contribution in [0, 0.1) is 5.82 Å². The maximum absolute atomic E-state index is 13.0. The number of carboxylic acid groups (broad SMARTS) is 1. The lowest BCUT2D eigenvalue weighted by atomic mass is 10.1. The summed E-state index contributed by atoms with van der Waals surface area (Å²) in [5, 5.41) is 12.0. The predicted octanol–water partition coefficient (Wildman–Crippen LogP) is 3.69. The van der Waals surface area contributed by atoms with E-state index in [4.69, 9.17) is 5.11 Å². The summed E-state index contributed by atoms with van der Waals surface area (Å²) in [5.74, 6) is -1.58. The van der Waals surface area contributed by atoms with Gasteiger partial charge in [-0.05, 0) is 19.4 Å². The lowest BCUT2D eigenvalue weighted by Gasteiger charge is -2.15. The van der Waals surface area contributed by atoms with E-state index in [0.29, 0.717) is 0 Å². The average molecular weight is 268 g/mol. The van der Waals surface area contributed by atoms with Gasteiger partial charge in [0, 0.05) is 6.04 Å². The van der Waals surface area contributed by atoms with Crippen molar-refractivity contribution >= 4 is 11.8 Å². The van der Waals surface area contributed by atoms with E-state index in [1.165, 1.54) is 19.3 Å². The number of unbranched alkanes of at least 4 members (excludes halogenated alkanes) is 3. The van der Waals surface area contributed by atoms with Crippen LogP contribution in [0.15, 0.2) is 12.3 Å². The van der Waals surface area contributed by atoms with E-state index in [1.54, 1.807) is 0 Å². The molecule has 1 heterocycles. The zero-order chi connectivity index (χ0) is 14.3. The molecule has 0 bridgehead atoms. The van der Waals surface area contributed by atoms with Gasteiger partial charge in [-0.2, -0.15) is 0 Å². The van der Waals surface area contributed by atoms with Gasteiger partial charge >= 0.3 is 5.97 Å². The molecule has 2 N–H and O–H groups in total. The molecule has 0 aliphatic heterocycles. The standard InChI is InChI=1S/C14H21FN2O2/c1-3-4-5-6-7-10(2)17-13-12(14(18)19)8-11(15)9-16-13/h8-10H,3-7H2,1-2H3,(H,16,17)(H,18,19). The first kappa shape index (κ1) is 15.4. The first-order valence-electron chi connectivity index (χ1n) is 6.70.